The van der Waals surface area contributed by atoms with Crippen molar-refractivity contribution in [1.82, 2.24) is 20.3 Å². The van der Waals surface area contributed by atoms with Crippen LogP contribution >= 0.6 is 0 Å². The summed E-state index contributed by atoms with van der Waals surface area (Å²) in [5, 5.41) is 5.99. The van der Waals surface area contributed by atoms with Crippen LogP contribution in [0.25, 0.3) is 0 Å². The molecule has 22 heavy (non-hydrogen) atoms. The molecule has 0 aliphatic carbocycles. The lowest BCUT2D eigenvalue weighted by Gasteiger charge is -2.14. The van der Waals surface area contributed by atoms with E-state index in [1.54, 1.807) is 6.07 Å². The normalized spacial score (nSPS) is 15.2. The maximum Gasteiger partial charge on any atom is 0.242 e. The van der Waals surface area contributed by atoms with Gasteiger partial charge in [0.2, 0.25) is 15.9 Å². The maximum atomic E-state index is 11.9. The molecule has 3 N–H and O–H groups in total. The zero-order chi connectivity index (χ0) is 15.8. The molecule has 2 rings (SSSR count). The van der Waals surface area contributed by atoms with Crippen molar-refractivity contribution in [3.63, 3.8) is 0 Å². The number of sulfonamides is 1. The van der Waals surface area contributed by atoms with E-state index in [1.165, 1.54) is 24.0 Å². The Morgan fingerprint density at radius 2 is 2.27 bits per heavy atom. The summed E-state index contributed by atoms with van der Waals surface area (Å²) in [6.07, 6.45) is 5.86. The SMILES string of the molecule is O=C(CCNS(=O)(=O)c1cccnc1)NCC1=CCNCC1. The zero-order valence-corrected chi connectivity index (χ0v) is 13.0. The average Bonchev–Trinajstić information content (AvgIpc) is 2.54. The number of pyridine rings is 1. The topological polar surface area (TPSA) is 100 Å². The smallest absolute Gasteiger partial charge is 0.242 e. The van der Waals surface area contributed by atoms with Crippen LogP contribution in [0.4, 0.5) is 0 Å². The Kier molecular flexibility index (Phi) is 6.05. The third-order valence-corrected chi connectivity index (χ3v) is 4.71. The predicted molar refractivity (Wildman–Crippen MR) is 82.6 cm³/mol. The summed E-state index contributed by atoms with van der Waals surface area (Å²) in [6.45, 7) is 2.34. The second-order valence-corrected chi connectivity index (χ2v) is 6.70. The number of carbonyl (C=O) groups excluding carboxylic acids is 1. The van der Waals surface area contributed by atoms with Gasteiger partial charge in [0.15, 0.2) is 0 Å². The Morgan fingerprint density at radius 1 is 1.41 bits per heavy atom. The first-order valence-electron chi connectivity index (χ1n) is 7.13. The number of hydrogen-bond donors (Lipinski definition) is 3. The number of amides is 1. The molecule has 0 atom stereocenters. The number of carbonyl (C=O) groups is 1. The summed E-state index contributed by atoms with van der Waals surface area (Å²) in [4.78, 5) is 15.6. The lowest BCUT2D eigenvalue weighted by atomic mass is 10.1. The molecular weight excluding hydrogens is 304 g/mol. The van der Waals surface area contributed by atoms with Gasteiger partial charge in [0.1, 0.15) is 4.90 Å². The van der Waals surface area contributed by atoms with Crippen molar-refractivity contribution in [2.75, 3.05) is 26.2 Å². The van der Waals surface area contributed by atoms with E-state index in [1.807, 2.05) is 0 Å². The van der Waals surface area contributed by atoms with Gasteiger partial charge < -0.3 is 10.6 Å². The van der Waals surface area contributed by atoms with Crippen LogP contribution in [0.3, 0.4) is 0 Å². The van der Waals surface area contributed by atoms with Gasteiger partial charge in [-0.05, 0) is 25.1 Å². The number of rotatable bonds is 7. The highest BCUT2D eigenvalue weighted by Gasteiger charge is 2.14. The molecule has 2 heterocycles. The van der Waals surface area contributed by atoms with E-state index >= 15 is 0 Å². The van der Waals surface area contributed by atoms with Crippen LogP contribution in [0.2, 0.25) is 0 Å². The minimum atomic E-state index is -3.60. The quantitative estimate of drug-likeness (QED) is 0.603. The van der Waals surface area contributed by atoms with Crippen molar-refractivity contribution < 1.29 is 13.2 Å². The standard InChI is InChI=1S/C14H20N4O3S/c19-14(17-10-12-3-7-15-8-4-12)5-9-18-22(20,21)13-2-1-6-16-11-13/h1-3,6,11,15,18H,4-5,7-10H2,(H,17,19). The Morgan fingerprint density at radius 3 is 2.95 bits per heavy atom. The average molecular weight is 324 g/mol. The molecule has 0 radical (unpaired) electrons. The molecular formula is C14H20N4O3S. The van der Waals surface area contributed by atoms with Crippen LogP contribution in [0, 0.1) is 0 Å². The molecule has 0 saturated heterocycles. The van der Waals surface area contributed by atoms with E-state index in [-0.39, 0.29) is 23.8 Å². The Labute approximate surface area is 130 Å². The van der Waals surface area contributed by atoms with E-state index in [0.29, 0.717) is 6.54 Å². The van der Waals surface area contributed by atoms with Crippen molar-refractivity contribution >= 4 is 15.9 Å². The van der Waals surface area contributed by atoms with Crippen LogP contribution in [0.1, 0.15) is 12.8 Å². The predicted octanol–water partition coefficient (Wildman–Crippen LogP) is -0.214. The minimum Gasteiger partial charge on any atom is -0.352 e. The van der Waals surface area contributed by atoms with E-state index in [0.717, 1.165) is 19.5 Å². The van der Waals surface area contributed by atoms with Gasteiger partial charge in [0.25, 0.3) is 0 Å². The molecule has 0 fully saturated rings. The molecule has 0 saturated carbocycles. The van der Waals surface area contributed by atoms with E-state index < -0.39 is 10.0 Å². The molecule has 0 spiro atoms. The van der Waals surface area contributed by atoms with Crippen LogP contribution in [-0.2, 0) is 14.8 Å². The monoisotopic (exact) mass is 324 g/mol. The lowest BCUT2D eigenvalue weighted by Crippen LogP contribution is -2.33. The Bertz CT molecular complexity index is 629. The maximum absolute atomic E-state index is 11.9. The number of aromatic nitrogens is 1. The van der Waals surface area contributed by atoms with Crippen molar-refractivity contribution in [1.29, 1.82) is 0 Å². The number of hydrogen-bond acceptors (Lipinski definition) is 5. The molecule has 1 aromatic rings. The van der Waals surface area contributed by atoms with Gasteiger partial charge in [-0.3, -0.25) is 9.78 Å². The molecule has 0 bridgehead atoms. The fourth-order valence-corrected chi connectivity index (χ4v) is 3.01. The summed E-state index contributed by atoms with van der Waals surface area (Å²) in [5.74, 6) is -0.173. The summed E-state index contributed by atoms with van der Waals surface area (Å²) < 4.78 is 26.2. The summed E-state index contributed by atoms with van der Waals surface area (Å²) in [5.41, 5.74) is 1.20. The highest BCUT2D eigenvalue weighted by Crippen LogP contribution is 2.05. The first-order chi connectivity index (χ1) is 10.6. The third kappa shape index (κ3) is 5.21. The molecule has 8 heteroatoms. The van der Waals surface area contributed by atoms with Gasteiger partial charge in [-0.25, -0.2) is 13.1 Å². The van der Waals surface area contributed by atoms with E-state index in [9.17, 15) is 13.2 Å². The lowest BCUT2D eigenvalue weighted by molar-refractivity contribution is -0.120. The highest BCUT2D eigenvalue weighted by atomic mass is 32.2. The van der Waals surface area contributed by atoms with Gasteiger partial charge in [0.05, 0.1) is 0 Å². The first kappa shape index (κ1) is 16.6. The van der Waals surface area contributed by atoms with Crippen molar-refractivity contribution in [3.05, 3.63) is 36.2 Å². The Balaban J connectivity index is 1.71. The van der Waals surface area contributed by atoms with Crippen LogP contribution in [-0.4, -0.2) is 45.5 Å². The fourth-order valence-electron chi connectivity index (χ4n) is 2.02. The molecule has 1 amide bonds. The van der Waals surface area contributed by atoms with Gasteiger partial charge >= 0.3 is 0 Å². The van der Waals surface area contributed by atoms with Crippen molar-refractivity contribution in [2.45, 2.75) is 17.7 Å². The van der Waals surface area contributed by atoms with E-state index in [4.69, 9.17) is 0 Å². The van der Waals surface area contributed by atoms with Crippen molar-refractivity contribution in [2.24, 2.45) is 0 Å². The molecule has 1 aromatic heterocycles. The molecule has 120 valence electrons. The minimum absolute atomic E-state index is 0.0592. The van der Waals surface area contributed by atoms with Crippen LogP contribution in [0.15, 0.2) is 41.1 Å². The largest absolute Gasteiger partial charge is 0.352 e. The van der Waals surface area contributed by atoms with Gasteiger partial charge in [0, 0.05) is 38.4 Å². The molecule has 0 aromatic carbocycles. The number of nitrogens with one attached hydrogen (secondary N) is 3. The van der Waals surface area contributed by atoms with Crippen LogP contribution in [0.5, 0.6) is 0 Å². The third-order valence-electron chi connectivity index (χ3n) is 3.26. The number of nitrogens with zero attached hydrogens (tertiary/aromatic N) is 1. The summed E-state index contributed by atoms with van der Waals surface area (Å²) in [6, 6.07) is 3.01. The van der Waals surface area contributed by atoms with Crippen molar-refractivity contribution in [3.8, 4) is 0 Å². The second kappa shape index (κ2) is 8.02. The van der Waals surface area contributed by atoms with E-state index in [2.05, 4.69) is 26.4 Å². The highest BCUT2D eigenvalue weighted by molar-refractivity contribution is 7.89. The van der Waals surface area contributed by atoms with Gasteiger partial charge in [-0.15, -0.1) is 0 Å². The van der Waals surface area contributed by atoms with Crippen LogP contribution < -0.4 is 15.4 Å². The zero-order valence-electron chi connectivity index (χ0n) is 12.2. The summed E-state index contributed by atoms with van der Waals surface area (Å²) >= 11 is 0. The van der Waals surface area contributed by atoms with Gasteiger partial charge in [-0.2, -0.15) is 0 Å². The van der Waals surface area contributed by atoms with Gasteiger partial charge in [-0.1, -0.05) is 11.6 Å². The summed E-state index contributed by atoms with van der Waals surface area (Å²) in [7, 11) is -3.60. The first-order valence-corrected chi connectivity index (χ1v) is 8.61. The molecule has 7 nitrogen and oxygen atoms in total. The second-order valence-electron chi connectivity index (χ2n) is 4.93. The molecule has 1 aliphatic heterocycles. The Hall–Kier alpha value is -1.77. The molecule has 0 unspecified atom stereocenters. The molecule has 1 aliphatic rings. The fraction of sp³-hybridized carbons (Fsp3) is 0.429.